The fourth-order valence-electron chi connectivity index (χ4n) is 2.66. The summed E-state index contributed by atoms with van der Waals surface area (Å²) in [5.41, 5.74) is 2.32. The van der Waals surface area contributed by atoms with Gasteiger partial charge in [-0.05, 0) is 37.5 Å². The van der Waals surface area contributed by atoms with Crippen LogP contribution in [0, 0.1) is 6.92 Å². The lowest BCUT2D eigenvalue weighted by Crippen LogP contribution is -2.37. The topological polar surface area (TPSA) is 71.1 Å². The Labute approximate surface area is 129 Å². The molecule has 116 valence electrons. The fourth-order valence-corrected chi connectivity index (χ4v) is 2.66. The highest BCUT2D eigenvalue weighted by Gasteiger charge is 2.24. The number of ether oxygens (including phenoxy) is 1. The summed E-state index contributed by atoms with van der Waals surface area (Å²) < 4.78 is 5.67. The van der Waals surface area contributed by atoms with Crippen molar-refractivity contribution in [2.75, 3.05) is 13.2 Å². The second kappa shape index (κ2) is 6.70. The van der Waals surface area contributed by atoms with Crippen LogP contribution >= 0.6 is 0 Å². The lowest BCUT2D eigenvalue weighted by atomic mass is 10.2. The third-order valence-corrected chi connectivity index (χ3v) is 3.76. The van der Waals surface area contributed by atoms with Crippen molar-refractivity contribution in [3.63, 3.8) is 0 Å². The van der Waals surface area contributed by atoms with Crippen LogP contribution < -0.4 is 0 Å². The van der Waals surface area contributed by atoms with Crippen molar-refractivity contribution in [2.45, 2.75) is 32.4 Å². The molecule has 1 N–H and O–H groups in total. The molecule has 1 aliphatic heterocycles. The van der Waals surface area contributed by atoms with E-state index in [0.29, 0.717) is 18.8 Å². The molecule has 0 spiro atoms. The van der Waals surface area contributed by atoms with E-state index >= 15 is 0 Å². The molecule has 0 bridgehead atoms. The van der Waals surface area contributed by atoms with Crippen molar-refractivity contribution in [3.8, 4) is 0 Å². The van der Waals surface area contributed by atoms with Crippen LogP contribution in [0.15, 0.2) is 30.6 Å². The maximum atomic E-state index is 12.7. The molecule has 1 amide bonds. The number of nitrogens with zero attached hydrogens (tertiary/aromatic N) is 3. The highest BCUT2D eigenvalue weighted by atomic mass is 16.5. The van der Waals surface area contributed by atoms with Crippen molar-refractivity contribution in [1.29, 1.82) is 0 Å². The van der Waals surface area contributed by atoms with E-state index in [1.165, 1.54) is 0 Å². The van der Waals surface area contributed by atoms with Crippen molar-refractivity contribution in [1.82, 2.24) is 20.1 Å². The van der Waals surface area contributed by atoms with Gasteiger partial charge in [-0.1, -0.05) is 6.07 Å². The molecule has 1 saturated heterocycles. The van der Waals surface area contributed by atoms with E-state index in [1.54, 1.807) is 23.4 Å². The van der Waals surface area contributed by atoms with Gasteiger partial charge in [-0.3, -0.25) is 14.9 Å². The van der Waals surface area contributed by atoms with Gasteiger partial charge in [0, 0.05) is 37.8 Å². The number of H-pyrrole nitrogens is 1. The number of pyridine rings is 1. The molecular weight excluding hydrogens is 280 g/mol. The predicted octanol–water partition coefficient (Wildman–Crippen LogP) is 1.93. The average molecular weight is 300 g/mol. The first-order valence-electron chi connectivity index (χ1n) is 7.54. The molecule has 6 heteroatoms. The van der Waals surface area contributed by atoms with Gasteiger partial charge in [-0.25, -0.2) is 0 Å². The SMILES string of the molecule is Cc1cc(C(=O)N(Cc2cccnc2)C[C@H]2CCCO2)n[nH]1. The quantitative estimate of drug-likeness (QED) is 0.916. The van der Waals surface area contributed by atoms with Crippen LogP contribution in [0.2, 0.25) is 0 Å². The summed E-state index contributed by atoms with van der Waals surface area (Å²) in [6, 6.07) is 5.62. The van der Waals surface area contributed by atoms with Gasteiger partial charge in [-0.2, -0.15) is 5.10 Å². The maximum absolute atomic E-state index is 12.7. The number of carbonyl (C=O) groups is 1. The molecule has 1 fully saturated rings. The van der Waals surface area contributed by atoms with Gasteiger partial charge in [-0.15, -0.1) is 0 Å². The summed E-state index contributed by atoms with van der Waals surface area (Å²) in [6.07, 6.45) is 5.68. The Morgan fingerprint density at radius 3 is 3.09 bits per heavy atom. The van der Waals surface area contributed by atoms with Crippen molar-refractivity contribution >= 4 is 5.91 Å². The largest absolute Gasteiger partial charge is 0.376 e. The Kier molecular flexibility index (Phi) is 4.48. The number of carbonyl (C=O) groups excluding carboxylic acids is 1. The van der Waals surface area contributed by atoms with Crippen LogP contribution in [0.1, 0.15) is 34.6 Å². The van der Waals surface area contributed by atoms with E-state index in [2.05, 4.69) is 15.2 Å². The standard InChI is InChI=1S/C16H20N4O2/c1-12-8-15(19-18-12)16(21)20(11-14-5-3-7-22-14)10-13-4-2-6-17-9-13/h2,4,6,8-9,14H,3,5,7,10-11H2,1H3,(H,18,19)/t14-/m1/s1. The lowest BCUT2D eigenvalue weighted by Gasteiger charge is -2.24. The lowest BCUT2D eigenvalue weighted by molar-refractivity contribution is 0.0502. The fraction of sp³-hybridized carbons (Fsp3) is 0.438. The minimum Gasteiger partial charge on any atom is -0.376 e. The Bertz CT molecular complexity index is 620. The van der Waals surface area contributed by atoms with Gasteiger partial charge in [0.15, 0.2) is 0 Å². The molecule has 0 saturated carbocycles. The van der Waals surface area contributed by atoms with Crippen LogP contribution in [0.5, 0.6) is 0 Å². The molecule has 3 heterocycles. The number of aromatic amines is 1. The zero-order chi connectivity index (χ0) is 15.4. The number of hydrogen-bond donors (Lipinski definition) is 1. The first kappa shape index (κ1) is 14.7. The number of nitrogens with one attached hydrogen (secondary N) is 1. The zero-order valence-electron chi connectivity index (χ0n) is 12.7. The maximum Gasteiger partial charge on any atom is 0.274 e. The second-order valence-electron chi connectivity index (χ2n) is 5.62. The summed E-state index contributed by atoms with van der Waals surface area (Å²) in [6.45, 7) is 3.76. The Morgan fingerprint density at radius 2 is 2.45 bits per heavy atom. The minimum atomic E-state index is -0.0799. The minimum absolute atomic E-state index is 0.0799. The van der Waals surface area contributed by atoms with Crippen molar-refractivity contribution in [2.24, 2.45) is 0 Å². The Balaban J connectivity index is 1.76. The molecule has 1 aliphatic rings. The molecule has 3 rings (SSSR count). The summed E-state index contributed by atoms with van der Waals surface area (Å²) in [4.78, 5) is 18.6. The monoisotopic (exact) mass is 300 g/mol. The summed E-state index contributed by atoms with van der Waals surface area (Å²) >= 11 is 0. The van der Waals surface area contributed by atoms with Gasteiger partial charge < -0.3 is 9.64 Å². The molecule has 0 radical (unpaired) electrons. The zero-order valence-corrected chi connectivity index (χ0v) is 12.7. The van der Waals surface area contributed by atoms with E-state index in [1.807, 2.05) is 19.1 Å². The van der Waals surface area contributed by atoms with Crippen LogP contribution in [0.25, 0.3) is 0 Å². The van der Waals surface area contributed by atoms with Crippen LogP contribution in [0.4, 0.5) is 0 Å². The van der Waals surface area contributed by atoms with Crippen molar-refractivity contribution < 1.29 is 9.53 Å². The molecular formula is C16H20N4O2. The third-order valence-electron chi connectivity index (χ3n) is 3.76. The first-order valence-corrected chi connectivity index (χ1v) is 7.54. The molecule has 0 aliphatic carbocycles. The Hall–Kier alpha value is -2.21. The van der Waals surface area contributed by atoms with Gasteiger partial charge in [0.1, 0.15) is 5.69 Å². The highest BCUT2D eigenvalue weighted by Crippen LogP contribution is 2.16. The molecule has 1 atom stereocenters. The van der Waals surface area contributed by atoms with Gasteiger partial charge in [0.2, 0.25) is 0 Å². The molecule has 22 heavy (non-hydrogen) atoms. The average Bonchev–Trinajstić information content (AvgIpc) is 3.18. The summed E-state index contributed by atoms with van der Waals surface area (Å²) in [7, 11) is 0. The number of hydrogen-bond acceptors (Lipinski definition) is 4. The van der Waals surface area contributed by atoms with Gasteiger partial charge in [0.05, 0.1) is 6.10 Å². The van der Waals surface area contributed by atoms with E-state index in [-0.39, 0.29) is 12.0 Å². The van der Waals surface area contributed by atoms with E-state index in [4.69, 9.17) is 4.74 Å². The van der Waals surface area contributed by atoms with E-state index < -0.39 is 0 Å². The third kappa shape index (κ3) is 3.51. The number of aryl methyl sites for hydroxylation is 1. The predicted molar refractivity (Wildman–Crippen MR) is 81.3 cm³/mol. The molecule has 2 aromatic heterocycles. The number of rotatable bonds is 5. The van der Waals surface area contributed by atoms with Crippen LogP contribution in [0.3, 0.4) is 0 Å². The second-order valence-corrected chi connectivity index (χ2v) is 5.62. The highest BCUT2D eigenvalue weighted by molar-refractivity contribution is 5.92. The Morgan fingerprint density at radius 1 is 1.55 bits per heavy atom. The summed E-state index contributed by atoms with van der Waals surface area (Å²) in [5.74, 6) is -0.0799. The van der Waals surface area contributed by atoms with Gasteiger partial charge in [0.25, 0.3) is 5.91 Å². The summed E-state index contributed by atoms with van der Waals surface area (Å²) in [5, 5.41) is 6.90. The molecule has 0 aromatic carbocycles. The van der Waals surface area contributed by atoms with Crippen LogP contribution in [-0.4, -0.2) is 45.2 Å². The molecule has 0 unspecified atom stereocenters. The van der Waals surface area contributed by atoms with Crippen molar-refractivity contribution in [3.05, 3.63) is 47.5 Å². The van der Waals surface area contributed by atoms with E-state index in [9.17, 15) is 4.79 Å². The number of amides is 1. The molecule has 6 nitrogen and oxygen atoms in total. The molecule has 2 aromatic rings. The number of aromatic nitrogens is 3. The van der Waals surface area contributed by atoms with Crippen LogP contribution in [-0.2, 0) is 11.3 Å². The van der Waals surface area contributed by atoms with Gasteiger partial charge >= 0.3 is 0 Å². The first-order chi connectivity index (χ1) is 10.7. The normalized spacial score (nSPS) is 17.6. The van der Waals surface area contributed by atoms with E-state index in [0.717, 1.165) is 30.7 Å². The smallest absolute Gasteiger partial charge is 0.274 e.